The van der Waals surface area contributed by atoms with Gasteiger partial charge in [0, 0.05) is 56.6 Å². The van der Waals surface area contributed by atoms with Crippen LogP contribution < -0.4 is 0 Å². The smallest absolute Gasteiger partial charge is 0.246 e. The van der Waals surface area contributed by atoms with Gasteiger partial charge in [0.1, 0.15) is 5.76 Å². The van der Waals surface area contributed by atoms with Gasteiger partial charge in [-0.1, -0.05) is 47.1 Å². The molecule has 0 saturated carbocycles. The fraction of sp³-hybridized carbons (Fsp3) is 0.381. The molecule has 4 rings (SSSR count). The Morgan fingerprint density at radius 1 is 1.25 bits per heavy atom. The van der Waals surface area contributed by atoms with E-state index in [1.165, 1.54) is 0 Å². The number of halogens is 1. The van der Waals surface area contributed by atoms with E-state index in [-0.39, 0.29) is 17.9 Å². The molecule has 1 aromatic heterocycles. The normalized spacial score (nSPS) is 21.5. The number of piperidine rings is 1. The predicted octanol–water partition coefficient (Wildman–Crippen LogP) is 3.03. The van der Waals surface area contributed by atoms with Gasteiger partial charge in [-0.15, -0.1) is 0 Å². The molecule has 2 atom stereocenters. The molecule has 1 aromatic carbocycles. The molecule has 0 bridgehead atoms. The average Bonchev–Trinajstić information content (AvgIpc) is 3.11. The second kappa shape index (κ2) is 8.19. The minimum Gasteiger partial charge on any atom is -0.360 e. The molecule has 0 unspecified atom stereocenters. The first-order valence-electron chi connectivity index (χ1n) is 9.53. The van der Waals surface area contributed by atoms with Crippen molar-refractivity contribution in [1.29, 1.82) is 0 Å². The lowest BCUT2D eigenvalue weighted by Crippen LogP contribution is -2.65. The maximum absolute atomic E-state index is 12.5. The SMILES string of the molecule is O=C(C=Cc1ccccc1)N1CC[C@H]2[C@@H](C1)CN2C(=O)CCc1cc(Cl)no1. The van der Waals surface area contributed by atoms with Crippen molar-refractivity contribution >= 4 is 29.5 Å². The van der Waals surface area contributed by atoms with Crippen LogP contribution in [0.25, 0.3) is 6.08 Å². The van der Waals surface area contributed by atoms with Gasteiger partial charge in [-0.05, 0) is 18.1 Å². The first-order chi connectivity index (χ1) is 13.6. The van der Waals surface area contributed by atoms with E-state index in [0.717, 1.165) is 12.0 Å². The Bertz CT molecular complexity index is 880. The van der Waals surface area contributed by atoms with Crippen LogP contribution in [0.3, 0.4) is 0 Å². The van der Waals surface area contributed by atoms with Crippen molar-refractivity contribution in [3.63, 3.8) is 0 Å². The van der Waals surface area contributed by atoms with Crippen LogP contribution >= 0.6 is 11.6 Å². The predicted molar refractivity (Wildman–Crippen MR) is 105 cm³/mol. The maximum Gasteiger partial charge on any atom is 0.246 e. The van der Waals surface area contributed by atoms with Gasteiger partial charge in [-0.2, -0.15) is 0 Å². The number of hydrogen-bond acceptors (Lipinski definition) is 4. The Morgan fingerprint density at radius 3 is 2.79 bits per heavy atom. The van der Waals surface area contributed by atoms with Crippen molar-refractivity contribution in [3.05, 3.63) is 59.0 Å². The third-order valence-electron chi connectivity index (χ3n) is 5.49. The highest BCUT2D eigenvalue weighted by atomic mass is 35.5. The number of fused-ring (bicyclic) bond motifs is 1. The molecule has 0 N–H and O–H groups in total. The van der Waals surface area contributed by atoms with E-state index in [4.69, 9.17) is 16.1 Å². The summed E-state index contributed by atoms with van der Waals surface area (Å²) in [5.41, 5.74) is 1.01. The van der Waals surface area contributed by atoms with Gasteiger partial charge in [0.15, 0.2) is 5.15 Å². The number of carbonyl (C=O) groups excluding carboxylic acids is 2. The van der Waals surface area contributed by atoms with E-state index in [0.29, 0.717) is 49.3 Å². The summed E-state index contributed by atoms with van der Waals surface area (Å²) < 4.78 is 5.04. The zero-order valence-electron chi connectivity index (χ0n) is 15.5. The Morgan fingerprint density at radius 2 is 2.07 bits per heavy atom. The lowest BCUT2D eigenvalue weighted by atomic mass is 9.82. The van der Waals surface area contributed by atoms with Crippen molar-refractivity contribution < 1.29 is 14.1 Å². The summed E-state index contributed by atoms with van der Waals surface area (Å²) >= 11 is 5.73. The number of carbonyl (C=O) groups is 2. The van der Waals surface area contributed by atoms with Gasteiger partial charge >= 0.3 is 0 Å². The van der Waals surface area contributed by atoms with Crippen LogP contribution in [0.2, 0.25) is 5.15 Å². The molecule has 2 amide bonds. The molecule has 2 aliphatic heterocycles. The zero-order valence-corrected chi connectivity index (χ0v) is 16.2. The number of nitrogens with zero attached hydrogens (tertiary/aromatic N) is 3. The minimum absolute atomic E-state index is 0.0364. The quantitative estimate of drug-likeness (QED) is 0.725. The highest BCUT2D eigenvalue weighted by Crippen LogP contribution is 2.33. The fourth-order valence-electron chi connectivity index (χ4n) is 3.96. The summed E-state index contributed by atoms with van der Waals surface area (Å²) in [6.07, 6.45) is 5.20. The van der Waals surface area contributed by atoms with E-state index in [2.05, 4.69) is 5.16 Å². The highest BCUT2D eigenvalue weighted by molar-refractivity contribution is 6.29. The van der Waals surface area contributed by atoms with E-state index in [1.54, 1.807) is 12.1 Å². The molecule has 2 aromatic rings. The van der Waals surface area contributed by atoms with Crippen LogP contribution in [0.1, 0.15) is 24.2 Å². The Kier molecular flexibility index (Phi) is 5.48. The highest BCUT2D eigenvalue weighted by Gasteiger charge is 2.45. The Balaban J connectivity index is 1.25. The van der Waals surface area contributed by atoms with E-state index >= 15 is 0 Å². The largest absolute Gasteiger partial charge is 0.360 e. The van der Waals surface area contributed by atoms with Gasteiger partial charge in [0.2, 0.25) is 11.8 Å². The summed E-state index contributed by atoms with van der Waals surface area (Å²) in [5, 5.41) is 3.93. The first kappa shape index (κ1) is 18.7. The molecule has 3 heterocycles. The second-order valence-electron chi connectivity index (χ2n) is 7.31. The van der Waals surface area contributed by atoms with Gasteiger partial charge in [-0.25, -0.2) is 0 Å². The van der Waals surface area contributed by atoms with Crippen LogP contribution in [-0.2, 0) is 16.0 Å². The number of hydrogen-bond donors (Lipinski definition) is 0. The molecule has 0 radical (unpaired) electrons. The van der Waals surface area contributed by atoms with Crippen LogP contribution in [0, 0.1) is 5.92 Å². The average molecular weight is 400 g/mol. The molecule has 2 fully saturated rings. The van der Waals surface area contributed by atoms with Crippen LogP contribution in [0.4, 0.5) is 0 Å². The number of benzene rings is 1. The summed E-state index contributed by atoms with van der Waals surface area (Å²) in [6, 6.07) is 11.7. The molecule has 146 valence electrons. The standard InChI is InChI=1S/C21H22ClN3O3/c22-19-12-17(28-23-19)7-9-21(27)25-14-16-13-24(11-10-18(16)25)20(26)8-6-15-4-2-1-3-5-15/h1-6,8,12,16,18H,7,9-11,13-14H2/t16-,18-/m0/s1. The van der Waals surface area contributed by atoms with Gasteiger partial charge in [-0.3, -0.25) is 9.59 Å². The summed E-state index contributed by atoms with van der Waals surface area (Å²) in [6.45, 7) is 2.11. The summed E-state index contributed by atoms with van der Waals surface area (Å²) in [4.78, 5) is 28.8. The number of likely N-dealkylation sites (tertiary alicyclic amines) is 2. The lowest BCUT2D eigenvalue weighted by Gasteiger charge is -2.53. The third-order valence-corrected chi connectivity index (χ3v) is 5.67. The molecular formula is C21H22ClN3O3. The Hall–Kier alpha value is -2.60. The van der Waals surface area contributed by atoms with Gasteiger partial charge in [0.05, 0.1) is 0 Å². The van der Waals surface area contributed by atoms with Crippen molar-refractivity contribution in [2.75, 3.05) is 19.6 Å². The molecule has 0 spiro atoms. The maximum atomic E-state index is 12.5. The van der Waals surface area contributed by atoms with Crippen molar-refractivity contribution in [3.8, 4) is 0 Å². The zero-order chi connectivity index (χ0) is 19.5. The number of aryl methyl sites for hydroxylation is 1. The van der Waals surface area contributed by atoms with Gasteiger partial charge in [0.25, 0.3) is 0 Å². The van der Waals surface area contributed by atoms with E-state index in [9.17, 15) is 9.59 Å². The van der Waals surface area contributed by atoms with Crippen LogP contribution in [-0.4, -0.2) is 52.4 Å². The fourth-order valence-corrected chi connectivity index (χ4v) is 4.12. The Labute approximate surface area is 168 Å². The van der Waals surface area contributed by atoms with Crippen molar-refractivity contribution in [2.24, 2.45) is 5.92 Å². The third kappa shape index (κ3) is 4.12. The molecule has 0 aliphatic carbocycles. The van der Waals surface area contributed by atoms with Crippen LogP contribution in [0.15, 0.2) is 47.0 Å². The topological polar surface area (TPSA) is 66.7 Å². The summed E-state index contributed by atoms with van der Waals surface area (Å²) in [5.74, 6) is 1.15. The minimum atomic E-state index is 0.0364. The monoisotopic (exact) mass is 399 g/mol. The second-order valence-corrected chi connectivity index (χ2v) is 7.69. The summed E-state index contributed by atoms with van der Waals surface area (Å²) in [7, 11) is 0. The molecule has 28 heavy (non-hydrogen) atoms. The van der Waals surface area contributed by atoms with Crippen molar-refractivity contribution in [1.82, 2.24) is 15.0 Å². The molecular weight excluding hydrogens is 378 g/mol. The lowest BCUT2D eigenvalue weighted by molar-refractivity contribution is -0.150. The molecule has 2 saturated heterocycles. The first-order valence-corrected chi connectivity index (χ1v) is 9.90. The van der Waals surface area contributed by atoms with E-state index < -0.39 is 0 Å². The number of amides is 2. The number of aromatic nitrogens is 1. The molecule has 6 nitrogen and oxygen atoms in total. The molecule has 7 heteroatoms. The number of rotatable bonds is 5. The van der Waals surface area contributed by atoms with E-state index in [1.807, 2.05) is 46.2 Å². The van der Waals surface area contributed by atoms with Crippen molar-refractivity contribution in [2.45, 2.75) is 25.3 Å². The van der Waals surface area contributed by atoms with Crippen LogP contribution in [0.5, 0.6) is 0 Å². The van der Waals surface area contributed by atoms with Gasteiger partial charge < -0.3 is 14.3 Å². The molecule has 2 aliphatic rings.